The molecule has 2 amide bonds. The average Bonchev–Trinajstić information content (AvgIpc) is 3.19. The van der Waals surface area contributed by atoms with Crippen LogP contribution in [-0.4, -0.2) is 49.9 Å². The van der Waals surface area contributed by atoms with Crippen LogP contribution in [0.15, 0.2) is 5.38 Å². The molecule has 0 bridgehead atoms. The summed E-state index contributed by atoms with van der Waals surface area (Å²) >= 11 is 2.72. The van der Waals surface area contributed by atoms with Crippen molar-refractivity contribution in [3.8, 4) is 0 Å². The zero-order valence-corrected chi connectivity index (χ0v) is 22.9. The Morgan fingerprint density at radius 2 is 1.97 bits per heavy atom. The van der Waals surface area contributed by atoms with Crippen molar-refractivity contribution in [1.82, 2.24) is 15.2 Å². The molecule has 0 radical (unpaired) electrons. The second-order valence-electron chi connectivity index (χ2n) is 10.1. The van der Waals surface area contributed by atoms with Gasteiger partial charge in [0.05, 0.1) is 23.6 Å². The van der Waals surface area contributed by atoms with E-state index >= 15 is 0 Å². The van der Waals surface area contributed by atoms with E-state index in [1.165, 1.54) is 60.1 Å². The summed E-state index contributed by atoms with van der Waals surface area (Å²) in [5.41, 5.74) is 6.52. The maximum atomic E-state index is 13.4. The monoisotopic (exact) mass is 500 g/mol. The quantitative estimate of drug-likeness (QED) is 0.353. The molecule has 2 aliphatic carbocycles. The van der Waals surface area contributed by atoms with Gasteiger partial charge in [-0.05, 0) is 50.9 Å². The molecular weight excluding hydrogens is 471 g/mol. The standard InChI is InChI=1S/C22H30N4O4S2.Na/c1-22(2)16(20(29)30)26-18(28)15(19(26)32-22)25-17(27)13(14-9-31-21(23)24-14)8-12-10-6-4-3-5-7-11(10)12;/h9-13,15-16,19H,3-8H2,1-2H3,(H2,23,24)(H,25,27)(H,29,30);/q;+1/p-1/t10?,11?,12?,13?,15-,16+,19-;/m1./s1. The summed E-state index contributed by atoms with van der Waals surface area (Å²) in [6.07, 6.45) is 7.02. The van der Waals surface area contributed by atoms with E-state index in [0.29, 0.717) is 28.6 Å². The number of amides is 2. The fourth-order valence-corrected chi connectivity index (χ4v) is 8.38. The number of nitrogens with two attached hydrogens (primary N) is 1. The van der Waals surface area contributed by atoms with Crippen LogP contribution in [0.5, 0.6) is 0 Å². The number of rotatable bonds is 6. The zero-order chi connectivity index (χ0) is 22.8. The predicted octanol–water partition coefficient (Wildman–Crippen LogP) is -1.67. The molecule has 8 nitrogen and oxygen atoms in total. The van der Waals surface area contributed by atoms with Crippen LogP contribution in [0.3, 0.4) is 0 Å². The van der Waals surface area contributed by atoms with Crippen LogP contribution in [0, 0.1) is 17.8 Å². The molecule has 1 aromatic rings. The van der Waals surface area contributed by atoms with Gasteiger partial charge in [0.2, 0.25) is 11.8 Å². The Labute approximate surface area is 224 Å². The van der Waals surface area contributed by atoms with Gasteiger partial charge in [0.1, 0.15) is 11.4 Å². The number of anilines is 1. The molecule has 11 heteroatoms. The van der Waals surface area contributed by atoms with Gasteiger partial charge in [-0.2, -0.15) is 0 Å². The van der Waals surface area contributed by atoms with Gasteiger partial charge >= 0.3 is 29.6 Å². The van der Waals surface area contributed by atoms with E-state index in [-0.39, 0.29) is 41.4 Å². The molecule has 0 aromatic carbocycles. The van der Waals surface area contributed by atoms with Crippen molar-refractivity contribution in [1.29, 1.82) is 0 Å². The Balaban J connectivity index is 0.00000259. The maximum Gasteiger partial charge on any atom is 1.00 e. The summed E-state index contributed by atoms with van der Waals surface area (Å²) in [4.78, 5) is 43.6. The number of carboxylic acids is 1. The topological polar surface area (TPSA) is 128 Å². The number of thioether (sulfide) groups is 1. The molecule has 3 heterocycles. The summed E-state index contributed by atoms with van der Waals surface area (Å²) in [5.74, 6) is -0.372. The Kier molecular flexibility index (Phi) is 7.15. The Bertz CT molecular complexity index is 945. The Hall–Kier alpha value is -0.810. The van der Waals surface area contributed by atoms with Gasteiger partial charge < -0.3 is 25.9 Å². The number of carbonyl (C=O) groups excluding carboxylic acids is 3. The van der Waals surface area contributed by atoms with Crippen molar-refractivity contribution >= 4 is 46.0 Å². The van der Waals surface area contributed by atoms with Gasteiger partial charge in [0.25, 0.3) is 0 Å². The van der Waals surface area contributed by atoms with Crippen LogP contribution in [0.1, 0.15) is 64.0 Å². The summed E-state index contributed by atoms with van der Waals surface area (Å²) in [6.45, 7) is 3.59. The van der Waals surface area contributed by atoms with Gasteiger partial charge in [-0.15, -0.1) is 23.1 Å². The molecule has 4 aliphatic rings. The van der Waals surface area contributed by atoms with Gasteiger partial charge in [0.15, 0.2) is 5.13 Å². The van der Waals surface area contributed by atoms with Gasteiger partial charge in [-0.25, -0.2) is 4.98 Å². The number of β-lactam (4-membered cyclic amide) rings is 1. The number of nitrogens with one attached hydrogen (secondary N) is 1. The normalized spacial score (nSPS) is 34.7. The van der Waals surface area contributed by atoms with Gasteiger partial charge in [-0.1, -0.05) is 19.3 Å². The van der Waals surface area contributed by atoms with Crippen molar-refractivity contribution in [3.05, 3.63) is 11.1 Å². The van der Waals surface area contributed by atoms with Crippen molar-refractivity contribution < 1.29 is 49.0 Å². The molecule has 0 spiro atoms. The van der Waals surface area contributed by atoms with Crippen LogP contribution in [-0.2, 0) is 14.4 Å². The summed E-state index contributed by atoms with van der Waals surface area (Å²) in [7, 11) is 0. The zero-order valence-electron chi connectivity index (χ0n) is 19.3. The first-order valence-corrected chi connectivity index (χ1v) is 13.2. The number of aliphatic carboxylic acids is 1. The number of fused-ring (bicyclic) bond motifs is 2. The van der Waals surface area contributed by atoms with Gasteiger partial charge in [-0.3, -0.25) is 9.59 Å². The molecule has 5 rings (SSSR count). The van der Waals surface area contributed by atoms with E-state index in [9.17, 15) is 19.5 Å². The first kappa shape index (κ1) is 25.3. The van der Waals surface area contributed by atoms with Crippen molar-refractivity contribution in [2.24, 2.45) is 17.8 Å². The summed E-state index contributed by atoms with van der Waals surface area (Å²) < 4.78 is -0.677. The third-order valence-electron chi connectivity index (χ3n) is 7.77. The SMILES string of the molecule is CC1(C)S[C@@H]2[C@H](NC(=O)C(CC3C4CCCCCC43)c3csc(N)n3)C(=O)N2[C@H]1C(=O)[O-].[Na+]. The number of nitrogen functional groups attached to an aromatic ring is 1. The van der Waals surface area contributed by atoms with Crippen molar-refractivity contribution in [2.75, 3.05) is 5.73 Å². The van der Waals surface area contributed by atoms with E-state index in [4.69, 9.17) is 5.73 Å². The summed E-state index contributed by atoms with van der Waals surface area (Å²) in [5, 5.41) is 16.4. The third kappa shape index (κ3) is 4.46. The number of carbonyl (C=O) groups is 3. The molecule has 33 heavy (non-hydrogen) atoms. The molecule has 3 N–H and O–H groups in total. The van der Waals surface area contributed by atoms with Crippen LogP contribution >= 0.6 is 23.1 Å². The van der Waals surface area contributed by atoms with E-state index in [0.717, 1.165) is 6.42 Å². The fourth-order valence-electron chi connectivity index (χ4n) is 6.14. The van der Waals surface area contributed by atoms with E-state index in [1.807, 2.05) is 5.38 Å². The minimum atomic E-state index is -1.26. The number of hydrogen-bond donors (Lipinski definition) is 2. The smallest absolute Gasteiger partial charge is 0.548 e. The maximum absolute atomic E-state index is 13.4. The van der Waals surface area contributed by atoms with E-state index < -0.39 is 34.1 Å². The second-order valence-corrected chi connectivity index (χ2v) is 12.8. The van der Waals surface area contributed by atoms with E-state index in [1.54, 1.807) is 13.8 Å². The number of carboxylic acid groups (broad SMARTS) is 1. The van der Waals surface area contributed by atoms with Crippen LogP contribution in [0.25, 0.3) is 0 Å². The first-order chi connectivity index (χ1) is 15.2. The Morgan fingerprint density at radius 1 is 1.30 bits per heavy atom. The molecule has 2 saturated heterocycles. The molecule has 174 valence electrons. The first-order valence-electron chi connectivity index (χ1n) is 11.4. The second kappa shape index (κ2) is 9.33. The van der Waals surface area contributed by atoms with E-state index in [2.05, 4.69) is 10.3 Å². The molecular formula is C22H29N4NaO4S2. The molecule has 2 saturated carbocycles. The number of hydrogen-bond acceptors (Lipinski definition) is 8. The number of aromatic nitrogens is 1. The minimum absolute atomic E-state index is 0. The molecule has 6 atom stereocenters. The van der Waals surface area contributed by atoms with Crippen molar-refractivity contribution in [2.45, 2.75) is 80.5 Å². The van der Waals surface area contributed by atoms with Crippen LogP contribution in [0.2, 0.25) is 0 Å². The molecule has 1 aromatic heterocycles. The number of thiazole rings is 1. The largest absolute Gasteiger partial charge is 1.00 e. The average molecular weight is 501 g/mol. The van der Waals surface area contributed by atoms with Gasteiger partial charge in [0, 0.05) is 10.1 Å². The predicted molar refractivity (Wildman–Crippen MR) is 120 cm³/mol. The fraction of sp³-hybridized carbons (Fsp3) is 0.727. The minimum Gasteiger partial charge on any atom is -0.548 e. The molecule has 4 fully saturated rings. The van der Waals surface area contributed by atoms with Crippen LogP contribution in [0.4, 0.5) is 5.13 Å². The number of nitrogens with zero attached hydrogens (tertiary/aromatic N) is 2. The molecule has 3 unspecified atom stereocenters. The Morgan fingerprint density at radius 3 is 2.55 bits per heavy atom. The third-order valence-corrected chi connectivity index (χ3v) is 10.0. The summed E-state index contributed by atoms with van der Waals surface area (Å²) in [6, 6.07) is -1.72. The van der Waals surface area contributed by atoms with Crippen LogP contribution < -0.4 is 45.7 Å². The van der Waals surface area contributed by atoms with Crippen molar-refractivity contribution in [3.63, 3.8) is 0 Å². The molecule has 2 aliphatic heterocycles.